The van der Waals surface area contributed by atoms with Crippen LogP contribution >= 0.6 is 0 Å². The largest absolute Gasteiger partial charge is 0.465 e. The van der Waals surface area contributed by atoms with Crippen molar-refractivity contribution in [3.05, 3.63) is 112 Å². The summed E-state index contributed by atoms with van der Waals surface area (Å²) in [5.41, 5.74) is 0.667. The van der Waals surface area contributed by atoms with E-state index in [0.29, 0.717) is 66.1 Å². The van der Waals surface area contributed by atoms with Crippen molar-refractivity contribution in [2.45, 2.75) is 107 Å². The standard InChI is InChI=1S/C56H62F7N11O8/c1-28(80-3)47(68-54(77)78)52(75)72-16-6-8-45(72)50-64-39-24-33(35(57)26-41(39)66-50)43-14-15-44(74(43)32-22-37(59)49(38(60)23-32)71-20-18-70(19-21-71)31-12-10-30(11-13-31)56(61,62)63)34-25-40-42(27-36(34)58)67-51(65-40)46-9-7-17-73(46)53(76)48(29(2)81-4)69-55(79)82-5/h10-13,22-29,43-48,68H,6-9,14-21H2,1-5H3,(H,64,66)(H,65,67)(H,69,79)(H,77,78)/t28-,29?,43-,44-,45+,46+,47+,48+/m1/s1. The lowest BCUT2D eigenvalue weighted by molar-refractivity contribution is -0.138. The fraction of sp³-hybridized carbons (Fsp3) is 0.464. The summed E-state index contributed by atoms with van der Waals surface area (Å²) >= 11 is 0. The number of imidazole rings is 2. The zero-order valence-electron chi connectivity index (χ0n) is 45.5. The molecule has 6 aromatic rings. The second-order valence-electron chi connectivity index (χ2n) is 21.1. The number of hydrogen-bond donors (Lipinski definition) is 5. The van der Waals surface area contributed by atoms with Gasteiger partial charge in [-0.2, -0.15) is 13.2 Å². The maximum absolute atomic E-state index is 17.0. The van der Waals surface area contributed by atoms with E-state index in [0.717, 1.165) is 24.3 Å². The van der Waals surface area contributed by atoms with E-state index in [4.69, 9.17) is 24.2 Å². The van der Waals surface area contributed by atoms with E-state index in [2.05, 4.69) is 20.6 Å². The number of fused-ring (bicyclic) bond motifs is 2. The molecule has 8 atom stereocenters. The number of rotatable bonds is 15. The Morgan fingerprint density at radius 3 is 1.51 bits per heavy atom. The molecule has 10 rings (SSSR count). The Bertz CT molecular complexity index is 3350. The van der Waals surface area contributed by atoms with Gasteiger partial charge in [-0.25, -0.2) is 37.1 Å². The molecule has 0 radical (unpaired) electrons. The maximum atomic E-state index is 17.0. The van der Waals surface area contributed by atoms with Crippen LogP contribution in [0.4, 0.5) is 57.4 Å². The quantitative estimate of drug-likeness (QED) is 0.0608. The SMILES string of the molecule is COC(=O)N[C@H](C(=O)N1CCC[C@H]1c1nc2cc([C@H]3CC[C@H](c4cc5nc([C@@H]6CCCN6C(=O)[C@@H](NC(=O)O)[C@@H](C)OC)[nH]c5cc4F)N3c3cc(F)c(N4CCN(c5ccc(C(F)(F)F)cc5)CC4)c(F)c3)c(F)cc2[nH]1)C(C)OC. The Morgan fingerprint density at radius 1 is 0.610 bits per heavy atom. The molecule has 6 heterocycles. The molecular weight excluding hydrogens is 1090 g/mol. The lowest BCUT2D eigenvalue weighted by atomic mass is 10.0. The first-order chi connectivity index (χ1) is 39.2. The summed E-state index contributed by atoms with van der Waals surface area (Å²) < 4.78 is 123. The molecule has 0 spiro atoms. The van der Waals surface area contributed by atoms with Gasteiger partial charge < -0.3 is 64.4 Å². The summed E-state index contributed by atoms with van der Waals surface area (Å²) in [6.07, 6.45) is -5.91. The predicted octanol–water partition coefficient (Wildman–Crippen LogP) is 9.18. The second-order valence-corrected chi connectivity index (χ2v) is 21.1. The third kappa shape index (κ3) is 11.1. The van der Waals surface area contributed by atoms with Gasteiger partial charge in [0.15, 0.2) is 11.6 Å². The molecule has 4 fully saturated rings. The molecule has 26 heteroatoms. The molecule has 4 aliphatic rings. The monoisotopic (exact) mass is 1150 g/mol. The van der Waals surface area contributed by atoms with E-state index in [1.54, 1.807) is 23.6 Å². The molecule has 82 heavy (non-hydrogen) atoms. The van der Waals surface area contributed by atoms with Crippen molar-refractivity contribution in [2.75, 3.05) is 75.3 Å². The van der Waals surface area contributed by atoms with Crippen LogP contribution in [0, 0.1) is 23.3 Å². The number of halogens is 7. The van der Waals surface area contributed by atoms with Gasteiger partial charge in [0.1, 0.15) is 41.1 Å². The van der Waals surface area contributed by atoms with Gasteiger partial charge in [0.2, 0.25) is 11.8 Å². The smallest absolute Gasteiger partial charge is 0.416 e. The number of aromatic amines is 2. The van der Waals surface area contributed by atoms with E-state index < -0.39 is 107 Å². The number of aromatic nitrogens is 4. The van der Waals surface area contributed by atoms with Crippen LogP contribution in [0.1, 0.15) is 105 Å². The number of anilines is 3. The van der Waals surface area contributed by atoms with Crippen LogP contribution in [0.2, 0.25) is 0 Å². The number of alkyl carbamates (subject to hydrolysis) is 1. The topological polar surface area (TPSA) is 214 Å². The number of carbonyl (C=O) groups excluding carboxylic acids is 3. The van der Waals surface area contributed by atoms with Gasteiger partial charge >= 0.3 is 18.4 Å². The van der Waals surface area contributed by atoms with Gasteiger partial charge in [-0.15, -0.1) is 0 Å². The van der Waals surface area contributed by atoms with Crippen LogP contribution in [0.5, 0.6) is 0 Å². The molecule has 4 saturated heterocycles. The third-order valence-electron chi connectivity index (χ3n) is 16.5. The second kappa shape index (κ2) is 23.2. The van der Waals surface area contributed by atoms with Gasteiger partial charge in [-0.05, 0) is 113 Å². The predicted molar refractivity (Wildman–Crippen MR) is 286 cm³/mol. The number of hydrogen-bond acceptors (Lipinski definition) is 12. The van der Waals surface area contributed by atoms with Crippen LogP contribution < -0.4 is 25.3 Å². The molecule has 438 valence electrons. The van der Waals surface area contributed by atoms with Crippen molar-refractivity contribution >= 4 is 63.1 Å². The van der Waals surface area contributed by atoms with Crippen molar-refractivity contribution in [1.82, 2.24) is 40.4 Å². The lowest BCUT2D eigenvalue weighted by Gasteiger charge is -2.38. The highest BCUT2D eigenvalue weighted by molar-refractivity contribution is 5.88. The van der Waals surface area contributed by atoms with E-state index in [1.165, 1.54) is 67.5 Å². The number of alkyl halides is 3. The van der Waals surface area contributed by atoms with Gasteiger partial charge in [0.25, 0.3) is 0 Å². The minimum atomic E-state index is -4.52. The van der Waals surface area contributed by atoms with E-state index >= 15 is 17.6 Å². The molecule has 19 nitrogen and oxygen atoms in total. The van der Waals surface area contributed by atoms with Crippen LogP contribution in [0.25, 0.3) is 22.1 Å². The van der Waals surface area contributed by atoms with Crippen molar-refractivity contribution in [3.8, 4) is 0 Å². The van der Waals surface area contributed by atoms with Crippen LogP contribution in [-0.4, -0.2) is 144 Å². The highest BCUT2D eigenvalue weighted by atomic mass is 19.4. The number of nitrogens with zero attached hydrogens (tertiary/aromatic N) is 7. The molecule has 5 N–H and O–H groups in total. The molecule has 2 aromatic heterocycles. The summed E-state index contributed by atoms with van der Waals surface area (Å²) in [6.45, 7) is 4.48. The fourth-order valence-electron chi connectivity index (χ4n) is 12.1. The molecule has 0 aliphatic carbocycles. The zero-order valence-corrected chi connectivity index (χ0v) is 45.5. The highest BCUT2D eigenvalue weighted by Gasteiger charge is 2.43. The van der Waals surface area contributed by atoms with Crippen molar-refractivity contribution < 1.29 is 69.2 Å². The van der Waals surface area contributed by atoms with Crippen molar-refractivity contribution in [1.29, 1.82) is 0 Å². The number of piperazine rings is 1. The first-order valence-electron chi connectivity index (χ1n) is 27.0. The minimum Gasteiger partial charge on any atom is -0.465 e. The fourth-order valence-corrected chi connectivity index (χ4v) is 12.1. The first-order valence-corrected chi connectivity index (χ1v) is 27.0. The number of benzene rings is 4. The first kappa shape index (κ1) is 57.4. The highest BCUT2D eigenvalue weighted by Crippen LogP contribution is 2.50. The summed E-state index contributed by atoms with van der Waals surface area (Å²) in [7, 11) is 3.93. The van der Waals surface area contributed by atoms with E-state index in [9.17, 15) is 37.5 Å². The number of carboxylic acid groups (broad SMARTS) is 1. The number of methoxy groups -OCH3 is 3. The zero-order chi connectivity index (χ0) is 58.5. The van der Waals surface area contributed by atoms with Gasteiger partial charge in [-0.1, -0.05) is 0 Å². The molecule has 0 bridgehead atoms. The molecule has 4 aliphatic heterocycles. The molecule has 1 unspecified atom stereocenters. The maximum Gasteiger partial charge on any atom is 0.416 e. The Kier molecular flexibility index (Phi) is 16.2. The summed E-state index contributed by atoms with van der Waals surface area (Å²) in [5, 5.41) is 14.3. The average molecular weight is 1150 g/mol. The van der Waals surface area contributed by atoms with E-state index in [-0.39, 0.29) is 73.6 Å². The van der Waals surface area contributed by atoms with E-state index in [1.807, 2.05) is 4.90 Å². The molecule has 4 amide bonds. The normalized spacial score (nSPS) is 21.1. The lowest BCUT2D eigenvalue weighted by Crippen LogP contribution is -2.54. The number of carbonyl (C=O) groups is 4. The van der Waals surface area contributed by atoms with Crippen molar-refractivity contribution in [2.24, 2.45) is 0 Å². The summed E-state index contributed by atoms with van der Waals surface area (Å²) in [5.74, 6) is -3.66. The van der Waals surface area contributed by atoms with Gasteiger partial charge in [-0.3, -0.25) is 9.59 Å². The van der Waals surface area contributed by atoms with Crippen LogP contribution in [-0.2, 0) is 30.0 Å². The van der Waals surface area contributed by atoms with Crippen LogP contribution in [0.3, 0.4) is 0 Å². The van der Waals surface area contributed by atoms with Crippen molar-refractivity contribution in [3.63, 3.8) is 0 Å². The number of nitrogens with one attached hydrogen (secondary N) is 4. The Hall–Kier alpha value is -7.87. The Labute approximate surface area is 466 Å². The minimum absolute atomic E-state index is 0.0329. The number of ether oxygens (including phenoxy) is 3. The number of amides is 4. The summed E-state index contributed by atoms with van der Waals surface area (Å²) in [4.78, 5) is 75.9. The molecule has 4 aromatic carbocycles. The molecule has 0 saturated carbocycles. The van der Waals surface area contributed by atoms with Gasteiger partial charge in [0.05, 0.1) is 71.1 Å². The Balaban J connectivity index is 0.988. The third-order valence-corrected chi connectivity index (χ3v) is 16.5. The molecular formula is C56H62F7N11O8. The summed E-state index contributed by atoms with van der Waals surface area (Å²) in [6, 6.07) is 6.90. The van der Waals surface area contributed by atoms with Gasteiger partial charge in [0, 0.05) is 76.0 Å². The average Bonchev–Trinajstić information content (AvgIpc) is 4.48. The Morgan fingerprint density at radius 2 is 1.07 bits per heavy atom. The number of H-pyrrole nitrogens is 2. The number of likely N-dealkylation sites (tertiary alicyclic amines) is 2. The van der Waals surface area contributed by atoms with Crippen LogP contribution in [0.15, 0.2) is 60.7 Å².